The Morgan fingerprint density at radius 1 is 1.41 bits per heavy atom. The van der Waals surface area contributed by atoms with E-state index in [1.807, 2.05) is 5.32 Å². The minimum absolute atomic E-state index is 0.168. The number of amides is 2. The Morgan fingerprint density at radius 2 is 1.94 bits per heavy atom. The van der Waals surface area contributed by atoms with Gasteiger partial charge in [0.25, 0.3) is 0 Å². The smallest absolute Gasteiger partial charge is 0.406 e. The number of alkyl halides is 3. The Hall–Kier alpha value is -1.47. The van der Waals surface area contributed by atoms with Gasteiger partial charge in [0.2, 0.25) is 0 Å². The third-order valence-corrected chi connectivity index (χ3v) is 1.94. The molecule has 0 rings (SSSR count). The molecule has 0 bridgehead atoms. The van der Waals surface area contributed by atoms with Gasteiger partial charge in [-0.1, -0.05) is 13.3 Å². The zero-order valence-electron chi connectivity index (χ0n) is 9.54. The Kier molecular flexibility index (Phi) is 5.77. The summed E-state index contributed by atoms with van der Waals surface area (Å²) in [6.07, 6.45) is -3.84. The fourth-order valence-electron chi connectivity index (χ4n) is 1.15. The molecule has 8 heteroatoms. The van der Waals surface area contributed by atoms with Gasteiger partial charge in [0.05, 0.1) is 0 Å². The number of nitrogens with one attached hydrogen (secondary N) is 1. The molecule has 0 aromatic heterocycles. The van der Waals surface area contributed by atoms with E-state index in [4.69, 9.17) is 5.11 Å². The van der Waals surface area contributed by atoms with E-state index in [0.717, 1.165) is 7.05 Å². The van der Waals surface area contributed by atoms with Crippen LogP contribution in [0, 0.1) is 0 Å². The third kappa shape index (κ3) is 6.64. The number of hydrogen-bond donors (Lipinski definition) is 2. The second-order valence-electron chi connectivity index (χ2n) is 3.60. The molecule has 5 nitrogen and oxygen atoms in total. The molecular weight excluding hydrogens is 241 g/mol. The van der Waals surface area contributed by atoms with Crippen molar-refractivity contribution >= 4 is 12.0 Å². The molecule has 0 fully saturated rings. The lowest BCUT2D eigenvalue weighted by atomic mass is 10.2. The Bertz CT molecular complexity index is 281. The number of carboxylic acid groups (broad SMARTS) is 1. The van der Waals surface area contributed by atoms with Gasteiger partial charge in [-0.15, -0.1) is 0 Å². The number of aliphatic carboxylic acids is 1. The van der Waals surface area contributed by atoms with Gasteiger partial charge in [0.1, 0.15) is 12.6 Å². The number of carbonyl (C=O) groups excluding carboxylic acids is 1. The van der Waals surface area contributed by atoms with Crippen LogP contribution in [0.2, 0.25) is 0 Å². The van der Waals surface area contributed by atoms with Crippen LogP contribution in [0.3, 0.4) is 0 Å². The van der Waals surface area contributed by atoms with Gasteiger partial charge in [-0.25, -0.2) is 9.59 Å². The first-order valence-electron chi connectivity index (χ1n) is 4.98. The van der Waals surface area contributed by atoms with Crippen molar-refractivity contribution in [2.75, 3.05) is 13.6 Å². The highest BCUT2D eigenvalue weighted by Crippen LogP contribution is 2.15. The largest absolute Gasteiger partial charge is 0.480 e. The number of halogens is 3. The van der Waals surface area contributed by atoms with E-state index in [-0.39, 0.29) is 6.42 Å². The molecule has 1 atom stereocenters. The maximum absolute atomic E-state index is 12.0. The van der Waals surface area contributed by atoms with Crippen LogP contribution < -0.4 is 5.32 Å². The van der Waals surface area contributed by atoms with Crippen LogP contribution >= 0.6 is 0 Å². The zero-order chi connectivity index (χ0) is 13.6. The third-order valence-electron chi connectivity index (χ3n) is 1.94. The summed E-state index contributed by atoms with van der Waals surface area (Å²) in [6, 6.07) is -2.22. The number of carboxylic acids is 1. The van der Waals surface area contributed by atoms with Crippen LogP contribution in [-0.2, 0) is 4.79 Å². The summed E-state index contributed by atoms with van der Waals surface area (Å²) in [7, 11) is 0.952. The number of carbonyl (C=O) groups is 2. The topological polar surface area (TPSA) is 69.6 Å². The summed E-state index contributed by atoms with van der Waals surface area (Å²) in [5.74, 6) is -1.26. The fourth-order valence-corrected chi connectivity index (χ4v) is 1.15. The molecule has 100 valence electrons. The minimum atomic E-state index is -4.50. The molecule has 2 amide bonds. The molecule has 0 heterocycles. The van der Waals surface area contributed by atoms with Crippen LogP contribution in [0.1, 0.15) is 19.8 Å². The first-order valence-corrected chi connectivity index (χ1v) is 4.98. The average molecular weight is 256 g/mol. The molecule has 0 saturated heterocycles. The molecule has 0 unspecified atom stereocenters. The van der Waals surface area contributed by atoms with Gasteiger partial charge in [0.15, 0.2) is 0 Å². The molecule has 0 aromatic rings. The van der Waals surface area contributed by atoms with Crippen molar-refractivity contribution in [2.24, 2.45) is 0 Å². The highest BCUT2D eigenvalue weighted by atomic mass is 19.4. The van der Waals surface area contributed by atoms with E-state index < -0.39 is 30.8 Å². The fraction of sp³-hybridized carbons (Fsp3) is 0.778. The molecule has 0 spiro atoms. The maximum atomic E-state index is 12.0. The lowest BCUT2D eigenvalue weighted by Gasteiger charge is -2.22. The SMILES string of the molecule is CCC[C@H](NC(=O)N(C)CC(F)(F)F)C(=O)O. The van der Waals surface area contributed by atoms with E-state index in [9.17, 15) is 22.8 Å². The Morgan fingerprint density at radius 3 is 2.29 bits per heavy atom. The predicted molar refractivity (Wildman–Crippen MR) is 53.5 cm³/mol. The van der Waals surface area contributed by atoms with E-state index in [1.54, 1.807) is 6.92 Å². The van der Waals surface area contributed by atoms with E-state index in [0.29, 0.717) is 11.3 Å². The summed E-state index contributed by atoms with van der Waals surface area (Å²) < 4.78 is 35.9. The van der Waals surface area contributed by atoms with E-state index in [2.05, 4.69) is 0 Å². The second-order valence-corrected chi connectivity index (χ2v) is 3.60. The lowest BCUT2D eigenvalue weighted by molar-refractivity contribution is -0.140. The summed E-state index contributed by atoms with van der Waals surface area (Å²) >= 11 is 0. The number of nitrogens with zero attached hydrogens (tertiary/aromatic N) is 1. The molecule has 2 N–H and O–H groups in total. The summed E-state index contributed by atoms with van der Waals surface area (Å²) in [5, 5.41) is 10.7. The van der Waals surface area contributed by atoms with Crippen LogP contribution in [0.15, 0.2) is 0 Å². The standard InChI is InChI=1S/C9H15F3N2O3/c1-3-4-6(7(15)16)13-8(17)14(2)5-9(10,11)12/h6H,3-5H2,1-2H3,(H,13,17)(H,15,16)/t6-/m0/s1. The molecule has 0 saturated carbocycles. The normalized spacial score (nSPS) is 13.0. The van der Waals surface area contributed by atoms with E-state index >= 15 is 0 Å². The van der Waals surface area contributed by atoms with Crippen LogP contribution in [0.4, 0.5) is 18.0 Å². The first kappa shape index (κ1) is 15.5. The molecule has 0 radical (unpaired) electrons. The number of rotatable bonds is 5. The first-order chi connectivity index (χ1) is 7.67. The monoisotopic (exact) mass is 256 g/mol. The highest BCUT2D eigenvalue weighted by molar-refractivity contribution is 5.82. The predicted octanol–water partition coefficient (Wildman–Crippen LogP) is 1.44. The molecular formula is C9H15F3N2O3. The maximum Gasteiger partial charge on any atom is 0.406 e. The van der Waals surface area contributed by atoms with Crippen LogP contribution in [0.5, 0.6) is 0 Å². The summed E-state index contributed by atoms with van der Waals surface area (Å²) in [6.45, 7) is 0.290. The minimum Gasteiger partial charge on any atom is -0.480 e. The summed E-state index contributed by atoms with van der Waals surface area (Å²) in [5.41, 5.74) is 0. The Balaban J connectivity index is 4.35. The molecule has 17 heavy (non-hydrogen) atoms. The van der Waals surface area contributed by atoms with Gasteiger partial charge < -0.3 is 15.3 Å². The van der Waals surface area contributed by atoms with Gasteiger partial charge >= 0.3 is 18.2 Å². The van der Waals surface area contributed by atoms with Crippen molar-refractivity contribution in [3.63, 3.8) is 0 Å². The molecule has 0 aliphatic rings. The van der Waals surface area contributed by atoms with Crippen molar-refractivity contribution in [3.8, 4) is 0 Å². The van der Waals surface area contributed by atoms with Crippen molar-refractivity contribution in [1.29, 1.82) is 0 Å². The average Bonchev–Trinajstić information content (AvgIpc) is 2.13. The molecule has 0 aliphatic carbocycles. The highest BCUT2D eigenvalue weighted by Gasteiger charge is 2.32. The van der Waals surface area contributed by atoms with E-state index in [1.165, 1.54) is 0 Å². The number of urea groups is 1. The van der Waals surface area contributed by atoms with Gasteiger partial charge in [-0.3, -0.25) is 0 Å². The van der Waals surface area contributed by atoms with Gasteiger partial charge in [-0.05, 0) is 6.42 Å². The molecule has 0 aromatic carbocycles. The van der Waals surface area contributed by atoms with Crippen LogP contribution in [0.25, 0.3) is 0 Å². The van der Waals surface area contributed by atoms with Crippen molar-refractivity contribution in [2.45, 2.75) is 32.0 Å². The second kappa shape index (κ2) is 6.31. The van der Waals surface area contributed by atoms with Crippen molar-refractivity contribution in [1.82, 2.24) is 10.2 Å². The lowest BCUT2D eigenvalue weighted by Crippen LogP contribution is -2.48. The van der Waals surface area contributed by atoms with Crippen LogP contribution in [-0.4, -0.2) is 47.8 Å². The van der Waals surface area contributed by atoms with Crippen molar-refractivity contribution in [3.05, 3.63) is 0 Å². The van der Waals surface area contributed by atoms with Gasteiger partial charge in [0, 0.05) is 7.05 Å². The summed E-state index contributed by atoms with van der Waals surface area (Å²) in [4.78, 5) is 22.3. The number of hydrogen-bond acceptors (Lipinski definition) is 2. The molecule has 0 aliphatic heterocycles. The quantitative estimate of drug-likeness (QED) is 0.782. The Labute approximate surface area is 96.6 Å². The van der Waals surface area contributed by atoms with Crippen molar-refractivity contribution < 1.29 is 27.9 Å². The van der Waals surface area contributed by atoms with Gasteiger partial charge in [-0.2, -0.15) is 13.2 Å². The zero-order valence-corrected chi connectivity index (χ0v) is 9.54.